The second-order valence-corrected chi connectivity index (χ2v) is 3.74. The van der Waals surface area contributed by atoms with Crippen molar-refractivity contribution in [3.63, 3.8) is 0 Å². The molecule has 14 heavy (non-hydrogen) atoms. The van der Waals surface area contributed by atoms with E-state index < -0.39 is 0 Å². The molecule has 0 saturated carbocycles. The minimum atomic E-state index is 0.0381. The third-order valence-corrected chi connectivity index (χ3v) is 2.49. The number of amides is 1. The SMILES string of the molecule is O=C1CNCC(c2ccc(Cl)cc2)N1. The molecular weight excluding hydrogens is 200 g/mol. The van der Waals surface area contributed by atoms with Crippen LogP contribution in [0.25, 0.3) is 0 Å². The van der Waals surface area contributed by atoms with Crippen molar-refractivity contribution in [2.75, 3.05) is 13.1 Å². The van der Waals surface area contributed by atoms with Gasteiger partial charge >= 0.3 is 0 Å². The van der Waals surface area contributed by atoms with Crippen molar-refractivity contribution in [3.05, 3.63) is 34.9 Å². The van der Waals surface area contributed by atoms with Crippen molar-refractivity contribution >= 4 is 17.5 Å². The maximum Gasteiger partial charge on any atom is 0.234 e. The van der Waals surface area contributed by atoms with Crippen molar-refractivity contribution in [1.82, 2.24) is 10.6 Å². The van der Waals surface area contributed by atoms with E-state index in [4.69, 9.17) is 11.6 Å². The van der Waals surface area contributed by atoms with Crippen LogP contribution in [0, 0.1) is 0 Å². The van der Waals surface area contributed by atoms with Gasteiger partial charge in [-0.2, -0.15) is 0 Å². The van der Waals surface area contributed by atoms with Gasteiger partial charge in [0, 0.05) is 11.6 Å². The van der Waals surface area contributed by atoms with Gasteiger partial charge in [0.25, 0.3) is 0 Å². The lowest BCUT2D eigenvalue weighted by atomic mass is 10.1. The van der Waals surface area contributed by atoms with Crippen molar-refractivity contribution in [2.45, 2.75) is 6.04 Å². The van der Waals surface area contributed by atoms with Crippen molar-refractivity contribution < 1.29 is 4.79 Å². The number of carbonyl (C=O) groups excluding carboxylic acids is 1. The summed E-state index contributed by atoms with van der Waals surface area (Å²) in [7, 11) is 0. The molecule has 0 bridgehead atoms. The molecule has 1 aliphatic rings. The molecule has 1 saturated heterocycles. The summed E-state index contributed by atoms with van der Waals surface area (Å²) in [6.45, 7) is 1.18. The zero-order chi connectivity index (χ0) is 9.97. The third-order valence-electron chi connectivity index (χ3n) is 2.24. The molecule has 2 N–H and O–H groups in total. The normalized spacial score (nSPS) is 21.8. The number of hydrogen-bond acceptors (Lipinski definition) is 2. The maximum atomic E-state index is 11.1. The van der Waals surface area contributed by atoms with Gasteiger partial charge in [-0.15, -0.1) is 0 Å². The predicted octanol–water partition coefficient (Wildman–Crippen LogP) is 1.10. The highest BCUT2D eigenvalue weighted by molar-refractivity contribution is 6.30. The van der Waals surface area contributed by atoms with Gasteiger partial charge in [0.15, 0.2) is 0 Å². The van der Waals surface area contributed by atoms with Gasteiger partial charge < -0.3 is 10.6 Å². The zero-order valence-electron chi connectivity index (χ0n) is 7.59. The minimum Gasteiger partial charge on any atom is -0.347 e. The lowest BCUT2D eigenvalue weighted by Crippen LogP contribution is -2.46. The fourth-order valence-corrected chi connectivity index (χ4v) is 1.65. The highest BCUT2D eigenvalue weighted by Gasteiger charge is 2.18. The molecule has 1 aromatic carbocycles. The van der Waals surface area contributed by atoms with Gasteiger partial charge in [-0.1, -0.05) is 23.7 Å². The van der Waals surface area contributed by atoms with Crippen LogP contribution in [0.3, 0.4) is 0 Å². The second kappa shape index (κ2) is 3.98. The Morgan fingerprint density at radius 2 is 2.00 bits per heavy atom. The molecule has 1 heterocycles. The third kappa shape index (κ3) is 2.05. The van der Waals surface area contributed by atoms with E-state index in [0.29, 0.717) is 11.6 Å². The Bertz CT molecular complexity index is 336. The number of benzene rings is 1. The van der Waals surface area contributed by atoms with Gasteiger partial charge in [-0.3, -0.25) is 4.79 Å². The van der Waals surface area contributed by atoms with Crippen molar-refractivity contribution in [3.8, 4) is 0 Å². The average Bonchev–Trinajstić information content (AvgIpc) is 2.19. The summed E-state index contributed by atoms with van der Waals surface area (Å²) in [5.41, 5.74) is 1.08. The van der Waals surface area contributed by atoms with Gasteiger partial charge in [0.2, 0.25) is 5.91 Å². The monoisotopic (exact) mass is 210 g/mol. The molecule has 1 unspecified atom stereocenters. The van der Waals surface area contributed by atoms with Crippen LogP contribution in [0.4, 0.5) is 0 Å². The molecule has 1 fully saturated rings. The van der Waals surface area contributed by atoms with E-state index in [1.165, 1.54) is 0 Å². The van der Waals surface area contributed by atoms with Crippen molar-refractivity contribution in [2.24, 2.45) is 0 Å². The summed E-state index contributed by atoms with van der Waals surface area (Å²) >= 11 is 5.78. The zero-order valence-corrected chi connectivity index (χ0v) is 8.34. The molecule has 0 aliphatic carbocycles. The standard InChI is InChI=1S/C10H11ClN2O/c11-8-3-1-7(2-4-8)9-5-12-6-10(14)13-9/h1-4,9,12H,5-6H2,(H,13,14). The lowest BCUT2D eigenvalue weighted by molar-refractivity contribution is -0.122. The lowest BCUT2D eigenvalue weighted by Gasteiger charge is -2.24. The number of carbonyl (C=O) groups is 1. The quantitative estimate of drug-likeness (QED) is 0.729. The highest BCUT2D eigenvalue weighted by Crippen LogP contribution is 2.16. The number of halogens is 1. The molecule has 1 atom stereocenters. The van der Waals surface area contributed by atoms with Crippen LogP contribution < -0.4 is 10.6 Å². The second-order valence-electron chi connectivity index (χ2n) is 3.30. The minimum absolute atomic E-state index is 0.0381. The topological polar surface area (TPSA) is 41.1 Å². The van der Waals surface area contributed by atoms with Crippen molar-refractivity contribution in [1.29, 1.82) is 0 Å². The van der Waals surface area contributed by atoms with Crippen LogP contribution in [0.1, 0.15) is 11.6 Å². The Balaban J connectivity index is 2.14. The smallest absolute Gasteiger partial charge is 0.234 e. The van der Waals surface area contributed by atoms with Gasteiger partial charge in [0.1, 0.15) is 0 Å². The first-order valence-electron chi connectivity index (χ1n) is 4.51. The summed E-state index contributed by atoms with van der Waals surface area (Å²) < 4.78 is 0. The molecule has 3 nitrogen and oxygen atoms in total. The highest BCUT2D eigenvalue weighted by atomic mass is 35.5. The molecular formula is C10H11ClN2O. The molecule has 2 rings (SSSR count). The molecule has 0 spiro atoms. The summed E-state index contributed by atoms with van der Waals surface area (Å²) in [4.78, 5) is 11.1. The van der Waals surface area contributed by atoms with E-state index in [0.717, 1.165) is 12.1 Å². The first-order chi connectivity index (χ1) is 6.75. The summed E-state index contributed by atoms with van der Waals surface area (Å²) in [5, 5.41) is 6.67. The van der Waals surface area contributed by atoms with Gasteiger partial charge in [0.05, 0.1) is 12.6 Å². The van der Waals surface area contributed by atoms with Crippen LogP contribution in [0.2, 0.25) is 5.02 Å². The Kier molecular flexibility index (Phi) is 2.70. The van der Waals surface area contributed by atoms with E-state index >= 15 is 0 Å². The largest absolute Gasteiger partial charge is 0.347 e. The van der Waals surface area contributed by atoms with E-state index in [2.05, 4.69) is 10.6 Å². The Labute approximate surface area is 87.4 Å². The van der Waals surface area contributed by atoms with E-state index in [1.807, 2.05) is 24.3 Å². The first-order valence-corrected chi connectivity index (χ1v) is 4.89. The number of nitrogens with one attached hydrogen (secondary N) is 2. The Hall–Kier alpha value is -1.06. The molecule has 1 amide bonds. The molecule has 1 aromatic rings. The summed E-state index contributed by atoms with van der Waals surface area (Å²) in [5.74, 6) is 0.0381. The maximum absolute atomic E-state index is 11.1. The summed E-state index contributed by atoms with van der Waals surface area (Å²) in [6.07, 6.45) is 0. The van der Waals surface area contributed by atoms with Gasteiger partial charge in [-0.05, 0) is 17.7 Å². The predicted molar refractivity (Wildman–Crippen MR) is 55.2 cm³/mol. The summed E-state index contributed by atoms with van der Waals surface area (Å²) in [6, 6.07) is 7.59. The van der Waals surface area contributed by atoms with Crippen LogP contribution in [-0.2, 0) is 4.79 Å². The van der Waals surface area contributed by atoms with Gasteiger partial charge in [-0.25, -0.2) is 0 Å². The molecule has 0 aromatic heterocycles. The average molecular weight is 211 g/mol. The first kappa shape index (κ1) is 9.49. The number of piperazine rings is 1. The van der Waals surface area contributed by atoms with E-state index in [-0.39, 0.29) is 11.9 Å². The fraction of sp³-hybridized carbons (Fsp3) is 0.300. The Morgan fingerprint density at radius 3 is 2.64 bits per heavy atom. The van der Waals surface area contributed by atoms with Crippen LogP contribution >= 0.6 is 11.6 Å². The number of hydrogen-bond donors (Lipinski definition) is 2. The molecule has 0 radical (unpaired) electrons. The molecule has 1 aliphatic heterocycles. The van der Waals surface area contributed by atoms with E-state index in [9.17, 15) is 4.79 Å². The Morgan fingerprint density at radius 1 is 1.29 bits per heavy atom. The number of rotatable bonds is 1. The van der Waals surface area contributed by atoms with Crippen LogP contribution in [-0.4, -0.2) is 19.0 Å². The van der Waals surface area contributed by atoms with Crippen LogP contribution in [0.5, 0.6) is 0 Å². The molecule has 74 valence electrons. The fourth-order valence-electron chi connectivity index (χ4n) is 1.52. The van der Waals surface area contributed by atoms with Crippen LogP contribution in [0.15, 0.2) is 24.3 Å². The molecule has 4 heteroatoms. The van der Waals surface area contributed by atoms with E-state index in [1.54, 1.807) is 0 Å².